The maximum Gasteiger partial charge on any atom is 0.223 e. The molecule has 27 heavy (non-hydrogen) atoms. The third-order valence-corrected chi connectivity index (χ3v) is 5.51. The van der Waals surface area contributed by atoms with Crippen molar-refractivity contribution >= 4 is 5.91 Å². The van der Waals surface area contributed by atoms with Gasteiger partial charge in [0, 0.05) is 13.0 Å². The van der Waals surface area contributed by atoms with Gasteiger partial charge in [-0.2, -0.15) is 0 Å². The van der Waals surface area contributed by atoms with Crippen LogP contribution >= 0.6 is 0 Å². The summed E-state index contributed by atoms with van der Waals surface area (Å²) in [5.41, 5.74) is 1.11. The highest BCUT2D eigenvalue weighted by atomic mass is 16.8. The van der Waals surface area contributed by atoms with Crippen LogP contribution in [0.5, 0.6) is 0 Å². The maximum atomic E-state index is 12.7. The van der Waals surface area contributed by atoms with Gasteiger partial charge in [0.05, 0.1) is 12.6 Å². The SMILES string of the molecule is CC1(C)OC[C@H]2OC(C)(C)O[C@H]2[C@H]([C@@H]2CCC(=O)N2Cc2ccccc2)O1. The van der Waals surface area contributed by atoms with Crippen LogP contribution in [0.1, 0.15) is 46.1 Å². The van der Waals surface area contributed by atoms with Gasteiger partial charge in [0.15, 0.2) is 11.6 Å². The Morgan fingerprint density at radius 1 is 1.00 bits per heavy atom. The van der Waals surface area contributed by atoms with E-state index in [1.807, 2.05) is 62.9 Å². The highest BCUT2D eigenvalue weighted by Crippen LogP contribution is 2.40. The Morgan fingerprint density at radius 3 is 2.44 bits per heavy atom. The second-order valence-corrected chi connectivity index (χ2v) is 8.55. The number of hydrogen-bond donors (Lipinski definition) is 0. The monoisotopic (exact) mass is 375 g/mol. The van der Waals surface area contributed by atoms with E-state index in [1.54, 1.807) is 0 Å². The van der Waals surface area contributed by atoms with Gasteiger partial charge >= 0.3 is 0 Å². The summed E-state index contributed by atoms with van der Waals surface area (Å²) in [6.07, 6.45) is 0.501. The molecule has 0 radical (unpaired) electrons. The van der Waals surface area contributed by atoms with Crippen LogP contribution in [0.25, 0.3) is 0 Å². The van der Waals surface area contributed by atoms with E-state index in [0.29, 0.717) is 19.6 Å². The van der Waals surface area contributed by atoms with Gasteiger partial charge < -0.3 is 23.8 Å². The molecule has 3 heterocycles. The minimum absolute atomic E-state index is 0.0660. The van der Waals surface area contributed by atoms with Crippen molar-refractivity contribution in [3.05, 3.63) is 35.9 Å². The lowest BCUT2D eigenvalue weighted by atomic mass is 9.98. The van der Waals surface area contributed by atoms with E-state index in [-0.39, 0.29) is 30.3 Å². The first-order valence-corrected chi connectivity index (χ1v) is 9.75. The molecule has 3 aliphatic heterocycles. The van der Waals surface area contributed by atoms with E-state index in [9.17, 15) is 4.79 Å². The lowest BCUT2D eigenvalue weighted by Crippen LogP contribution is -2.52. The molecule has 148 valence electrons. The molecular formula is C21H29NO5. The van der Waals surface area contributed by atoms with Gasteiger partial charge in [0.2, 0.25) is 5.91 Å². The molecule has 1 amide bonds. The van der Waals surface area contributed by atoms with E-state index >= 15 is 0 Å². The first-order valence-electron chi connectivity index (χ1n) is 9.75. The van der Waals surface area contributed by atoms with Crippen molar-refractivity contribution in [3.63, 3.8) is 0 Å². The van der Waals surface area contributed by atoms with E-state index in [1.165, 1.54) is 0 Å². The van der Waals surface area contributed by atoms with Gasteiger partial charge in [0.25, 0.3) is 0 Å². The van der Waals surface area contributed by atoms with Crippen LogP contribution in [0.2, 0.25) is 0 Å². The molecule has 3 aliphatic rings. The Labute approximate surface area is 160 Å². The van der Waals surface area contributed by atoms with Crippen molar-refractivity contribution in [2.24, 2.45) is 0 Å². The molecule has 0 aromatic heterocycles. The predicted molar refractivity (Wildman–Crippen MR) is 98.7 cm³/mol. The van der Waals surface area contributed by atoms with Crippen molar-refractivity contribution in [3.8, 4) is 0 Å². The van der Waals surface area contributed by atoms with Gasteiger partial charge in [0.1, 0.15) is 18.3 Å². The molecule has 6 nitrogen and oxygen atoms in total. The summed E-state index contributed by atoms with van der Waals surface area (Å²) in [5, 5.41) is 0. The zero-order valence-electron chi connectivity index (χ0n) is 16.5. The summed E-state index contributed by atoms with van der Waals surface area (Å²) in [5.74, 6) is -1.28. The molecule has 0 bridgehead atoms. The Kier molecular flexibility index (Phi) is 4.79. The number of carbonyl (C=O) groups excluding carboxylic acids is 1. The minimum Gasteiger partial charge on any atom is -0.348 e. The number of ether oxygens (including phenoxy) is 4. The number of nitrogens with zero attached hydrogens (tertiary/aromatic N) is 1. The van der Waals surface area contributed by atoms with E-state index in [4.69, 9.17) is 18.9 Å². The van der Waals surface area contributed by atoms with Crippen molar-refractivity contribution < 1.29 is 23.7 Å². The number of likely N-dealkylation sites (tertiary alicyclic amines) is 1. The zero-order chi connectivity index (χ0) is 19.2. The molecule has 3 saturated heterocycles. The van der Waals surface area contributed by atoms with Crippen molar-refractivity contribution in [2.75, 3.05) is 6.61 Å². The standard InChI is InChI=1S/C21H29NO5/c1-20(2)24-13-16-19(27-21(3,4)25-16)18(26-20)15-10-11-17(23)22(15)12-14-8-6-5-7-9-14/h5-9,15-16,18-19H,10-13H2,1-4H3/t15-,16+,18-,19+/m0/s1. The van der Waals surface area contributed by atoms with Crippen molar-refractivity contribution in [1.29, 1.82) is 0 Å². The van der Waals surface area contributed by atoms with Crippen molar-refractivity contribution in [2.45, 2.75) is 83.0 Å². The first kappa shape index (κ1) is 18.9. The fourth-order valence-corrected chi connectivity index (χ4v) is 4.36. The Hall–Kier alpha value is -1.47. The lowest BCUT2D eigenvalue weighted by Gasteiger charge is -2.37. The van der Waals surface area contributed by atoms with Crippen molar-refractivity contribution in [1.82, 2.24) is 4.90 Å². The minimum atomic E-state index is -0.754. The molecule has 4 rings (SSSR count). The number of amides is 1. The second kappa shape index (κ2) is 6.85. The predicted octanol–water partition coefficient (Wildman–Crippen LogP) is 2.85. The number of carbonyl (C=O) groups is 1. The molecule has 4 atom stereocenters. The number of fused-ring (bicyclic) bond motifs is 1. The van der Waals surface area contributed by atoms with Gasteiger partial charge in [-0.3, -0.25) is 4.79 Å². The Balaban J connectivity index is 1.62. The zero-order valence-corrected chi connectivity index (χ0v) is 16.5. The Morgan fingerprint density at radius 2 is 1.70 bits per heavy atom. The summed E-state index contributed by atoms with van der Waals surface area (Å²) in [6, 6.07) is 10.0. The number of rotatable bonds is 3. The van der Waals surface area contributed by atoms with E-state index in [0.717, 1.165) is 12.0 Å². The van der Waals surface area contributed by atoms with Crippen LogP contribution in [0.15, 0.2) is 30.3 Å². The van der Waals surface area contributed by atoms with Crippen LogP contribution in [-0.2, 0) is 30.3 Å². The van der Waals surface area contributed by atoms with Gasteiger partial charge in [-0.05, 0) is 39.7 Å². The normalized spacial score (nSPS) is 35.1. The second-order valence-electron chi connectivity index (χ2n) is 8.55. The number of benzene rings is 1. The molecule has 6 heteroatoms. The fourth-order valence-electron chi connectivity index (χ4n) is 4.36. The molecule has 3 fully saturated rings. The van der Waals surface area contributed by atoms with Gasteiger partial charge in [-0.25, -0.2) is 0 Å². The highest BCUT2D eigenvalue weighted by Gasteiger charge is 2.54. The van der Waals surface area contributed by atoms with Crippen LogP contribution in [-0.4, -0.2) is 53.3 Å². The number of hydrogen-bond acceptors (Lipinski definition) is 5. The van der Waals surface area contributed by atoms with Crippen LogP contribution < -0.4 is 0 Å². The topological polar surface area (TPSA) is 57.2 Å². The lowest BCUT2D eigenvalue weighted by molar-refractivity contribution is -0.262. The molecule has 0 N–H and O–H groups in total. The highest BCUT2D eigenvalue weighted by molar-refractivity contribution is 5.79. The van der Waals surface area contributed by atoms with Crippen LogP contribution in [0, 0.1) is 0 Å². The maximum absolute atomic E-state index is 12.7. The van der Waals surface area contributed by atoms with E-state index in [2.05, 4.69) is 0 Å². The van der Waals surface area contributed by atoms with Gasteiger partial charge in [-0.1, -0.05) is 30.3 Å². The molecule has 0 spiro atoms. The van der Waals surface area contributed by atoms with Gasteiger partial charge in [-0.15, -0.1) is 0 Å². The average Bonchev–Trinajstić information content (AvgIpc) is 3.08. The quantitative estimate of drug-likeness (QED) is 0.813. The summed E-state index contributed by atoms with van der Waals surface area (Å²) in [4.78, 5) is 14.6. The van der Waals surface area contributed by atoms with E-state index < -0.39 is 11.6 Å². The van der Waals surface area contributed by atoms with Crippen LogP contribution in [0.4, 0.5) is 0 Å². The average molecular weight is 375 g/mol. The Bertz CT molecular complexity index is 689. The third kappa shape index (κ3) is 3.90. The van der Waals surface area contributed by atoms with Crippen LogP contribution in [0.3, 0.4) is 0 Å². The summed E-state index contributed by atoms with van der Waals surface area (Å²) >= 11 is 0. The first-order chi connectivity index (χ1) is 12.7. The summed E-state index contributed by atoms with van der Waals surface area (Å²) in [6.45, 7) is 8.62. The molecule has 1 aromatic carbocycles. The summed E-state index contributed by atoms with van der Waals surface area (Å²) in [7, 11) is 0. The molecule has 1 aromatic rings. The molecule has 0 aliphatic carbocycles. The molecular weight excluding hydrogens is 346 g/mol. The third-order valence-electron chi connectivity index (χ3n) is 5.51. The smallest absolute Gasteiger partial charge is 0.223 e. The fraction of sp³-hybridized carbons (Fsp3) is 0.667. The summed E-state index contributed by atoms with van der Waals surface area (Å²) < 4.78 is 24.6. The molecule has 0 unspecified atom stereocenters. The molecule has 0 saturated carbocycles. The largest absolute Gasteiger partial charge is 0.348 e.